The molecule has 4 nitrogen and oxygen atoms in total. The van der Waals surface area contributed by atoms with E-state index >= 15 is 0 Å². The average Bonchev–Trinajstić information content (AvgIpc) is 2.48. The number of aliphatic carboxylic acids is 2. The van der Waals surface area contributed by atoms with Gasteiger partial charge in [-0.25, -0.2) is 9.59 Å². The fourth-order valence-corrected chi connectivity index (χ4v) is 1.54. The van der Waals surface area contributed by atoms with Crippen molar-refractivity contribution < 1.29 is 19.8 Å². The molecule has 0 fully saturated rings. The summed E-state index contributed by atoms with van der Waals surface area (Å²) in [5, 5.41) is 16.9. The van der Waals surface area contributed by atoms with Gasteiger partial charge < -0.3 is 10.2 Å². The number of allylic oxidation sites excluding steroid dienone is 6. The molecule has 0 heterocycles. The summed E-state index contributed by atoms with van der Waals surface area (Å²) >= 11 is 0. The lowest BCUT2D eigenvalue weighted by Gasteiger charge is -1.98. The lowest BCUT2D eigenvalue weighted by atomic mass is 10.1. The maximum atomic E-state index is 10.4. The van der Waals surface area contributed by atoms with E-state index in [2.05, 4.69) is 0 Å². The van der Waals surface area contributed by atoms with Crippen molar-refractivity contribution >= 4 is 24.1 Å². The molecule has 1 aromatic rings. The Morgan fingerprint density at radius 2 is 1.09 bits per heavy atom. The van der Waals surface area contributed by atoms with Gasteiger partial charge in [-0.2, -0.15) is 0 Å². The molecule has 1 rings (SSSR count). The summed E-state index contributed by atoms with van der Waals surface area (Å²) in [6.45, 7) is 0. The number of carboxylic acid groups (broad SMARTS) is 2. The third kappa shape index (κ3) is 7.45. The second kappa shape index (κ2) is 9.72. The highest BCUT2D eigenvalue weighted by atomic mass is 16.4. The van der Waals surface area contributed by atoms with Crippen LogP contribution in [0, 0.1) is 0 Å². The van der Waals surface area contributed by atoms with Crippen LogP contribution in [0.3, 0.4) is 0 Å². The van der Waals surface area contributed by atoms with Gasteiger partial charge in [-0.1, -0.05) is 72.9 Å². The highest BCUT2D eigenvalue weighted by Crippen LogP contribution is 2.12. The van der Waals surface area contributed by atoms with Gasteiger partial charge in [0.1, 0.15) is 0 Å². The largest absolute Gasteiger partial charge is 0.478 e. The van der Waals surface area contributed by atoms with Gasteiger partial charge in [-0.3, -0.25) is 0 Å². The third-order valence-electron chi connectivity index (χ3n) is 2.47. The first-order valence-corrected chi connectivity index (χ1v) is 6.50. The van der Waals surface area contributed by atoms with E-state index in [0.717, 1.165) is 23.3 Å². The molecule has 0 saturated heterocycles. The molecular weight excluding hydrogens is 280 g/mol. The molecule has 0 bridgehead atoms. The molecular formula is C18H16O4. The van der Waals surface area contributed by atoms with Crippen molar-refractivity contribution in [2.24, 2.45) is 0 Å². The van der Waals surface area contributed by atoms with Crippen LogP contribution in [-0.4, -0.2) is 22.2 Å². The van der Waals surface area contributed by atoms with Crippen LogP contribution in [-0.2, 0) is 9.59 Å². The molecule has 0 unspecified atom stereocenters. The molecule has 0 saturated carbocycles. The summed E-state index contributed by atoms with van der Waals surface area (Å²) in [5.74, 6) is -1.98. The highest BCUT2D eigenvalue weighted by Gasteiger charge is 1.92. The van der Waals surface area contributed by atoms with Crippen molar-refractivity contribution in [1.82, 2.24) is 0 Å². The lowest BCUT2D eigenvalue weighted by Crippen LogP contribution is -1.84. The van der Waals surface area contributed by atoms with Crippen molar-refractivity contribution in [3.63, 3.8) is 0 Å². The zero-order valence-electron chi connectivity index (χ0n) is 11.8. The number of rotatable bonds is 7. The smallest absolute Gasteiger partial charge is 0.328 e. The third-order valence-corrected chi connectivity index (χ3v) is 2.47. The van der Waals surface area contributed by atoms with Crippen LogP contribution in [0.15, 0.2) is 72.9 Å². The molecule has 0 atom stereocenters. The summed E-state index contributed by atoms with van der Waals surface area (Å²) < 4.78 is 0. The van der Waals surface area contributed by atoms with Gasteiger partial charge in [0.25, 0.3) is 0 Å². The Morgan fingerprint density at radius 1 is 0.682 bits per heavy atom. The van der Waals surface area contributed by atoms with Gasteiger partial charge >= 0.3 is 11.9 Å². The summed E-state index contributed by atoms with van der Waals surface area (Å²) in [5.41, 5.74) is 1.91. The molecule has 22 heavy (non-hydrogen) atoms. The molecule has 2 N–H and O–H groups in total. The Balaban J connectivity index is 2.75. The maximum Gasteiger partial charge on any atom is 0.328 e. The Kier molecular flexibility index (Phi) is 7.47. The molecule has 0 aromatic heterocycles. The van der Waals surface area contributed by atoms with E-state index in [1.165, 1.54) is 12.2 Å². The first-order chi connectivity index (χ1) is 10.6. The van der Waals surface area contributed by atoms with E-state index < -0.39 is 11.9 Å². The van der Waals surface area contributed by atoms with E-state index in [1.54, 1.807) is 24.3 Å². The van der Waals surface area contributed by atoms with Crippen molar-refractivity contribution in [2.75, 3.05) is 0 Å². The molecule has 0 aliphatic carbocycles. The van der Waals surface area contributed by atoms with Gasteiger partial charge in [-0.15, -0.1) is 0 Å². The molecule has 112 valence electrons. The molecule has 0 radical (unpaired) electrons. The lowest BCUT2D eigenvalue weighted by molar-refractivity contribution is -0.132. The van der Waals surface area contributed by atoms with E-state index in [-0.39, 0.29) is 0 Å². The zero-order chi connectivity index (χ0) is 16.2. The Bertz CT molecular complexity index is 661. The molecule has 1 aromatic carbocycles. The van der Waals surface area contributed by atoms with Gasteiger partial charge in [-0.05, 0) is 11.1 Å². The van der Waals surface area contributed by atoms with E-state index in [9.17, 15) is 9.59 Å². The molecule has 4 heteroatoms. The van der Waals surface area contributed by atoms with Crippen LogP contribution in [0.2, 0.25) is 0 Å². The second-order valence-electron chi connectivity index (χ2n) is 4.13. The van der Waals surface area contributed by atoms with Crippen molar-refractivity contribution in [1.29, 1.82) is 0 Å². The van der Waals surface area contributed by atoms with Crippen LogP contribution >= 0.6 is 0 Å². The molecule has 0 aliphatic heterocycles. The Labute approximate surface area is 128 Å². The molecule has 0 spiro atoms. The number of hydrogen-bond donors (Lipinski definition) is 2. The van der Waals surface area contributed by atoms with E-state index in [0.29, 0.717) is 0 Å². The van der Waals surface area contributed by atoms with Crippen LogP contribution in [0.25, 0.3) is 12.2 Å². The quantitative estimate of drug-likeness (QED) is 0.596. The van der Waals surface area contributed by atoms with Crippen molar-refractivity contribution in [3.8, 4) is 0 Å². The standard InChI is InChI=1S/C18H16O4/c19-17(20)13-4-2-1-3-9-15-10-5-6-11-16(15)12-7-8-14-18(21)22/h1-14H,(H,19,20)(H,21,22). The molecule has 0 aliphatic rings. The van der Waals surface area contributed by atoms with Gasteiger partial charge in [0.15, 0.2) is 0 Å². The van der Waals surface area contributed by atoms with Crippen LogP contribution in [0.5, 0.6) is 0 Å². The van der Waals surface area contributed by atoms with E-state index in [4.69, 9.17) is 10.2 Å². The fourth-order valence-electron chi connectivity index (χ4n) is 1.54. The van der Waals surface area contributed by atoms with Crippen LogP contribution < -0.4 is 0 Å². The van der Waals surface area contributed by atoms with Gasteiger partial charge in [0.05, 0.1) is 0 Å². The van der Waals surface area contributed by atoms with Crippen molar-refractivity contribution in [3.05, 3.63) is 84.0 Å². The minimum Gasteiger partial charge on any atom is -0.478 e. The average molecular weight is 296 g/mol. The number of hydrogen-bond acceptors (Lipinski definition) is 2. The molecule has 0 amide bonds. The normalized spacial score (nSPS) is 12.4. The second-order valence-corrected chi connectivity index (χ2v) is 4.13. The Hall–Kier alpha value is -3.14. The zero-order valence-corrected chi connectivity index (χ0v) is 11.8. The Morgan fingerprint density at radius 3 is 1.59 bits per heavy atom. The van der Waals surface area contributed by atoms with Crippen LogP contribution in [0.4, 0.5) is 0 Å². The number of carbonyl (C=O) groups is 2. The number of benzene rings is 1. The van der Waals surface area contributed by atoms with Crippen LogP contribution in [0.1, 0.15) is 11.1 Å². The SMILES string of the molecule is O=C(O)C=CC=CC=Cc1ccccc1C=CC=CC(=O)O. The highest BCUT2D eigenvalue weighted by molar-refractivity contribution is 5.80. The minimum absolute atomic E-state index is 0.947. The fraction of sp³-hybridized carbons (Fsp3) is 0. The van der Waals surface area contributed by atoms with E-state index in [1.807, 2.05) is 36.4 Å². The summed E-state index contributed by atoms with van der Waals surface area (Å²) in [6.07, 6.45) is 15.5. The summed E-state index contributed by atoms with van der Waals surface area (Å²) in [6, 6.07) is 7.64. The minimum atomic E-state index is -0.989. The predicted molar refractivity (Wildman–Crippen MR) is 87.2 cm³/mol. The summed E-state index contributed by atoms with van der Waals surface area (Å²) in [7, 11) is 0. The first kappa shape index (κ1) is 16.9. The topological polar surface area (TPSA) is 74.6 Å². The maximum absolute atomic E-state index is 10.4. The van der Waals surface area contributed by atoms with Crippen molar-refractivity contribution in [2.45, 2.75) is 0 Å². The summed E-state index contributed by atoms with van der Waals surface area (Å²) in [4.78, 5) is 20.6. The first-order valence-electron chi connectivity index (χ1n) is 6.50. The number of carboxylic acids is 2. The van der Waals surface area contributed by atoms with Gasteiger partial charge in [0, 0.05) is 12.2 Å². The predicted octanol–water partition coefficient (Wildman–Crippen LogP) is 3.55. The van der Waals surface area contributed by atoms with Gasteiger partial charge in [0.2, 0.25) is 0 Å². The monoisotopic (exact) mass is 296 g/mol.